The number of amides is 1. The smallest absolute Gasteiger partial charge is 0.269 e. The van der Waals surface area contributed by atoms with Crippen LogP contribution < -0.4 is 5.32 Å². The van der Waals surface area contributed by atoms with Gasteiger partial charge in [0.1, 0.15) is 11.3 Å². The maximum absolute atomic E-state index is 12.6. The predicted octanol–water partition coefficient (Wildman–Crippen LogP) is 1.92. The fourth-order valence-corrected chi connectivity index (χ4v) is 2.74. The van der Waals surface area contributed by atoms with E-state index in [4.69, 9.17) is 0 Å². The number of aryl methyl sites for hydroxylation is 2. The van der Waals surface area contributed by atoms with E-state index >= 15 is 0 Å². The molecule has 0 radical (unpaired) electrons. The van der Waals surface area contributed by atoms with Crippen LogP contribution in [0, 0.1) is 6.92 Å². The lowest BCUT2D eigenvalue weighted by molar-refractivity contribution is 0.0522. The number of hydrogen-bond donors (Lipinski definition) is 2. The molecule has 0 spiro atoms. The first-order valence-electron chi connectivity index (χ1n) is 8.34. The molecule has 7 heteroatoms. The van der Waals surface area contributed by atoms with E-state index in [2.05, 4.69) is 29.4 Å². The average molecular weight is 333 g/mol. The minimum absolute atomic E-state index is 0.102. The van der Waals surface area contributed by atoms with Gasteiger partial charge in [-0.3, -0.25) is 14.2 Å². The van der Waals surface area contributed by atoms with Crippen molar-refractivity contribution in [2.45, 2.75) is 52.2 Å². The van der Waals surface area contributed by atoms with E-state index in [1.165, 1.54) is 0 Å². The van der Waals surface area contributed by atoms with Gasteiger partial charge in [-0.25, -0.2) is 0 Å². The molecule has 0 aliphatic rings. The van der Waals surface area contributed by atoms with Crippen molar-refractivity contribution in [1.29, 1.82) is 0 Å². The van der Waals surface area contributed by atoms with Gasteiger partial charge in [0.25, 0.3) is 5.91 Å². The molecule has 132 valence electrons. The second kappa shape index (κ2) is 7.17. The summed E-state index contributed by atoms with van der Waals surface area (Å²) in [6, 6.07) is 1.98. The number of nitrogens with zero attached hydrogens (tertiary/aromatic N) is 4. The summed E-state index contributed by atoms with van der Waals surface area (Å²) in [6.07, 6.45) is 5.16. The van der Waals surface area contributed by atoms with E-state index in [0.29, 0.717) is 11.3 Å². The molecule has 1 atom stereocenters. The van der Waals surface area contributed by atoms with Crippen molar-refractivity contribution in [3.05, 3.63) is 35.4 Å². The van der Waals surface area contributed by atoms with Gasteiger partial charge in [-0.1, -0.05) is 13.8 Å². The lowest BCUT2D eigenvalue weighted by Gasteiger charge is -2.23. The minimum atomic E-state index is -1.18. The van der Waals surface area contributed by atoms with Gasteiger partial charge < -0.3 is 10.4 Å². The van der Waals surface area contributed by atoms with Crippen LogP contribution in [0.1, 0.15) is 61.4 Å². The van der Waals surface area contributed by atoms with Crippen molar-refractivity contribution >= 4 is 5.91 Å². The summed E-state index contributed by atoms with van der Waals surface area (Å²) in [7, 11) is 1.79. The second-order valence-corrected chi connectivity index (χ2v) is 6.45. The second-order valence-electron chi connectivity index (χ2n) is 6.45. The molecule has 0 aromatic carbocycles. The number of hydrogen-bond acceptors (Lipinski definition) is 4. The van der Waals surface area contributed by atoms with Gasteiger partial charge in [0, 0.05) is 18.8 Å². The SMILES string of the molecule is CCC(CC)n1nc(C)cc1C(=O)NCC(C)(O)c1cnn(C)c1. The lowest BCUT2D eigenvalue weighted by Crippen LogP contribution is -2.39. The van der Waals surface area contributed by atoms with E-state index in [9.17, 15) is 9.90 Å². The van der Waals surface area contributed by atoms with Crippen LogP contribution in [0.25, 0.3) is 0 Å². The third-order valence-electron chi connectivity index (χ3n) is 4.30. The molecule has 0 saturated carbocycles. The molecule has 24 heavy (non-hydrogen) atoms. The van der Waals surface area contributed by atoms with Gasteiger partial charge in [-0.05, 0) is 32.8 Å². The van der Waals surface area contributed by atoms with Crippen LogP contribution in [-0.4, -0.2) is 37.1 Å². The molecule has 0 fully saturated rings. The van der Waals surface area contributed by atoms with Gasteiger partial charge >= 0.3 is 0 Å². The predicted molar refractivity (Wildman–Crippen MR) is 91.7 cm³/mol. The Hall–Kier alpha value is -2.15. The first-order valence-corrected chi connectivity index (χ1v) is 8.34. The molecule has 2 aromatic rings. The molecule has 0 saturated heterocycles. The summed E-state index contributed by atoms with van der Waals surface area (Å²) in [5, 5.41) is 21.9. The molecule has 2 heterocycles. The number of carbonyl (C=O) groups excluding carboxylic acids is 1. The van der Waals surface area contributed by atoms with Crippen LogP contribution in [0.3, 0.4) is 0 Å². The molecule has 0 aliphatic carbocycles. The molecule has 1 amide bonds. The van der Waals surface area contributed by atoms with Gasteiger partial charge in [0.05, 0.1) is 24.5 Å². The number of aromatic nitrogens is 4. The van der Waals surface area contributed by atoms with E-state index in [-0.39, 0.29) is 18.5 Å². The van der Waals surface area contributed by atoms with Crippen LogP contribution in [0.2, 0.25) is 0 Å². The van der Waals surface area contributed by atoms with Crippen molar-refractivity contribution in [2.75, 3.05) is 6.54 Å². The third-order valence-corrected chi connectivity index (χ3v) is 4.30. The Bertz CT molecular complexity index is 698. The lowest BCUT2D eigenvalue weighted by atomic mass is 10.00. The van der Waals surface area contributed by atoms with Crippen LogP contribution >= 0.6 is 0 Å². The van der Waals surface area contributed by atoms with Gasteiger partial charge in [0.2, 0.25) is 0 Å². The summed E-state index contributed by atoms with van der Waals surface area (Å²) in [4.78, 5) is 12.6. The summed E-state index contributed by atoms with van der Waals surface area (Å²) >= 11 is 0. The molecule has 2 N–H and O–H groups in total. The Kier molecular flexibility index (Phi) is 5.43. The van der Waals surface area contributed by atoms with Crippen molar-refractivity contribution < 1.29 is 9.90 Å². The maximum Gasteiger partial charge on any atom is 0.269 e. The van der Waals surface area contributed by atoms with E-state index in [0.717, 1.165) is 18.5 Å². The monoisotopic (exact) mass is 333 g/mol. The van der Waals surface area contributed by atoms with Crippen LogP contribution in [0.4, 0.5) is 0 Å². The van der Waals surface area contributed by atoms with Crippen molar-refractivity contribution in [2.24, 2.45) is 7.05 Å². The standard InChI is InChI=1S/C17H27N5O2/c1-6-14(7-2)22-15(8-12(3)20-22)16(23)18-11-17(4,24)13-9-19-21(5)10-13/h8-10,14,24H,6-7,11H2,1-5H3,(H,18,23). The third kappa shape index (κ3) is 3.84. The average Bonchev–Trinajstić information content (AvgIpc) is 3.13. The molecule has 0 bridgehead atoms. The largest absolute Gasteiger partial charge is 0.383 e. The highest BCUT2D eigenvalue weighted by Crippen LogP contribution is 2.20. The highest BCUT2D eigenvalue weighted by atomic mass is 16.3. The molecule has 1 unspecified atom stereocenters. The summed E-state index contributed by atoms with van der Waals surface area (Å²) in [5.41, 5.74) is 0.822. The van der Waals surface area contributed by atoms with Crippen LogP contribution in [-0.2, 0) is 12.6 Å². The normalized spacial score (nSPS) is 14.0. The Morgan fingerprint density at radius 1 is 1.42 bits per heavy atom. The van der Waals surface area contributed by atoms with Crippen molar-refractivity contribution in [3.63, 3.8) is 0 Å². The zero-order chi connectivity index (χ0) is 17.9. The first-order chi connectivity index (χ1) is 11.3. The van der Waals surface area contributed by atoms with Crippen LogP contribution in [0.5, 0.6) is 0 Å². The Labute approximate surface area is 142 Å². The zero-order valence-electron chi connectivity index (χ0n) is 15.1. The Morgan fingerprint density at radius 3 is 2.62 bits per heavy atom. The molecular weight excluding hydrogens is 306 g/mol. The zero-order valence-corrected chi connectivity index (χ0v) is 15.1. The van der Waals surface area contributed by atoms with Gasteiger partial charge in [-0.2, -0.15) is 10.2 Å². The fraction of sp³-hybridized carbons (Fsp3) is 0.588. The van der Waals surface area contributed by atoms with Gasteiger partial charge in [0.15, 0.2) is 0 Å². The summed E-state index contributed by atoms with van der Waals surface area (Å²) < 4.78 is 3.42. The van der Waals surface area contributed by atoms with Crippen LogP contribution in [0.15, 0.2) is 18.5 Å². The van der Waals surface area contributed by atoms with Gasteiger partial charge in [-0.15, -0.1) is 0 Å². The number of rotatable bonds is 7. The number of carbonyl (C=O) groups is 1. The number of aliphatic hydroxyl groups is 1. The molecule has 7 nitrogen and oxygen atoms in total. The summed E-state index contributed by atoms with van der Waals surface area (Å²) in [6.45, 7) is 7.81. The topological polar surface area (TPSA) is 85.0 Å². The minimum Gasteiger partial charge on any atom is -0.383 e. The Morgan fingerprint density at radius 2 is 2.08 bits per heavy atom. The first kappa shape index (κ1) is 18.2. The molecular formula is C17H27N5O2. The summed E-state index contributed by atoms with van der Waals surface area (Å²) in [5.74, 6) is -0.230. The quantitative estimate of drug-likeness (QED) is 0.811. The van der Waals surface area contributed by atoms with Crippen molar-refractivity contribution in [3.8, 4) is 0 Å². The maximum atomic E-state index is 12.6. The molecule has 2 rings (SSSR count). The Balaban J connectivity index is 2.13. The van der Waals surface area contributed by atoms with E-state index in [1.807, 2.05) is 6.92 Å². The highest BCUT2D eigenvalue weighted by Gasteiger charge is 2.27. The number of nitrogens with one attached hydrogen (secondary N) is 1. The van der Waals surface area contributed by atoms with Crippen molar-refractivity contribution in [1.82, 2.24) is 24.9 Å². The fourth-order valence-electron chi connectivity index (χ4n) is 2.74. The van der Waals surface area contributed by atoms with E-state index in [1.54, 1.807) is 41.8 Å². The highest BCUT2D eigenvalue weighted by molar-refractivity contribution is 5.92. The molecule has 0 aliphatic heterocycles. The molecule has 2 aromatic heterocycles. The van der Waals surface area contributed by atoms with E-state index < -0.39 is 5.60 Å².